The van der Waals surface area contributed by atoms with Crippen LogP contribution >= 0.6 is 0 Å². The van der Waals surface area contributed by atoms with Crippen LogP contribution in [0.2, 0.25) is 0 Å². The monoisotopic (exact) mass is 421 g/mol. The third kappa shape index (κ3) is 5.30. The number of para-hydroxylation sites is 2. The number of sulfonamides is 1. The maximum absolute atomic E-state index is 13.1. The van der Waals surface area contributed by atoms with Crippen LogP contribution in [0.1, 0.15) is 18.9 Å². The van der Waals surface area contributed by atoms with Crippen LogP contribution in [0.5, 0.6) is 5.75 Å². The largest absolute Gasteiger partial charge is 0.495 e. The van der Waals surface area contributed by atoms with E-state index in [2.05, 4.69) is 5.32 Å². The molecule has 10 heteroatoms. The summed E-state index contributed by atoms with van der Waals surface area (Å²) in [4.78, 5) is 22.7. The van der Waals surface area contributed by atoms with E-state index >= 15 is 0 Å². The molecule has 0 saturated heterocycles. The number of carbonyl (C=O) groups is 1. The summed E-state index contributed by atoms with van der Waals surface area (Å²) in [5.41, 5.74) is 0.450. The Morgan fingerprint density at radius 3 is 2.55 bits per heavy atom. The zero-order valence-electron chi connectivity index (χ0n) is 16.4. The zero-order chi connectivity index (χ0) is 21.6. The molecule has 0 aromatic heterocycles. The molecule has 2 aromatic carbocycles. The van der Waals surface area contributed by atoms with Crippen LogP contribution in [0.3, 0.4) is 0 Å². The molecule has 0 aliphatic rings. The summed E-state index contributed by atoms with van der Waals surface area (Å²) in [7, 11) is -2.65. The van der Waals surface area contributed by atoms with Crippen LogP contribution in [0.25, 0.3) is 0 Å². The molecule has 0 bridgehead atoms. The number of benzene rings is 2. The smallest absolute Gasteiger partial charge is 0.270 e. The minimum Gasteiger partial charge on any atom is -0.495 e. The Hall–Kier alpha value is -2.98. The first-order chi connectivity index (χ1) is 13.7. The molecule has 0 fully saturated rings. The van der Waals surface area contributed by atoms with Crippen LogP contribution in [-0.2, 0) is 14.8 Å². The molecule has 2 rings (SSSR count). The van der Waals surface area contributed by atoms with E-state index in [0.717, 1.165) is 10.4 Å². The van der Waals surface area contributed by atoms with Crippen molar-refractivity contribution in [1.29, 1.82) is 0 Å². The van der Waals surface area contributed by atoms with E-state index < -0.39 is 27.4 Å². The van der Waals surface area contributed by atoms with Crippen molar-refractivity contribution in [3.8, 4) is 5.75 Å². The molecule has 2 aromatic rings. The van der Waals surface area contributed by atoms with Crippen molar-refractivity contribution in [3.63, 3.8) is 0 Å². The van der Waals surface area contributed by atoms with E-state index in [4.69, 9.17) is 4.74 Å². The average Bonchev–Trinajstić information content (AvgIpc) is 2.68. The Bertz CT molecular complexity index is 1010. The number of anilines is 1. The van der Waals surface area contributed by atoms with E-state index in [9.17, 15) is 23.3 Å². The standard InChI is InChI=1S/C19H23N3O6S/c1-4-11-21(13-19(23)20-16-7-5-6-8-17(16)28-3)29(26,27)18-12-15(22(24)25)10-9-14(18)2/h5-10,12H,4,11,13H2,1-3H3,(H,20,23). The highest BCUT2D eigenvalue weighted by atomic mass is 32.2. The van der Waals surface area contributed by atoms with Crippen molar-refractivity contribution in [1.82, 2.24) is 4.31 Å². The van der Waals surface area contributed by atoms with Crippen molar-refractivity contribution in [2.75, 3.05) is 25.5 Å². The van der Waals surface area contributed by atoms with Crippen molar-refractivity contribution >= 4 is 27.3 Å². The summed E-state index contributed by atoms with van der Waals surface area (Å²) in [5.74, 6) is -0.102. The minimum absolute atomic E-state index is 0.0871. The van der Waals surface area contributed by atoms with Gasteiger partial charge >= 0.3 is 0 Å². The fourth-order valence-corrected chi connectivity index (χ4v) is 4.48. The topological polar surface area (TPSA) is 119 Å². The highest BCUT2D eigenvalue weighted by Gasteiger charge is 2.29. The summed E-state index contributed by atoms with van der Waals surface area (Å²) in [6, 6.07) is 10.4. The van der Waals surface area contributed by atoms with Crippen LogP contribution < -0.4 is 10.1 Å². The number of rotatable bonds is 9. The maximum atomic E-state index is 13.1. The molecule has 156 valence electrons. The summed E-state index contributed by atoms with van der Waals surface area (Å²) < 4.78 is 32.4. The number of nitro groups is 1. The number of aryl methyl sites for hydroxylation is 1. The van der Waals surface area contributed by atoms with Gasteiger partial charge < -0.3 is 10.1 Å². The van der Waals surface area contributed by atoms with Gasteiger partial charge in [-0.3, -0.25) is 14.9 Å². The van der Waals surface area contributed by atoms with Gasteiger partial charge in [0.2, 0.25) is 15.9 Å². The zero-order valence-corrected chi connectivity index (χ0v) is 17.2. The predicted molar refractivity (Wildman–Crippen MR) is 109 cm³/mol. The van der Waals surface area contributed by atoms with Crippen LogP contribution in [-0.4, -0.2) is 43.8 Å². The maximum Gasteiger partial charge on any atom is 0.270 e. The summed E-state index contributed by atoms with van der Waals surface area (Å²) >= 11 is 0. The van der Waals surface area contributed by atoms with Gasteiger partial charge in [0, 0.05) is 18.7 Å². The first-order valence-corrected chi connectivity index (χ1v) is 10.3. The molecule has 0 spiro atoms. The van der Waals surface area contributed by atoms with Crippen LogP contribution in [0, 0.1) is 17.0 Å². The number of methoxy groups -OCH3 is 1. The molecule has 0 heterocycles. The Balaban J connectivity index is 2.31. The van der Waals surface area contributed by atoms with E-state index in [1.165, 1.54) is 19.2 Å². The lowest BCUT2D eigenvalue weighted by Crippen LogP contribution is -2.38. The predicted octanol–water partition coefficient (Wildman–Crippen LogP) is 2.95. The van der Waals surface area contributed by atoms with Gasteiger partial charge in [0.25, 0.3) is 5.69 Å². The molecule has 0 radical (unpaired) electrons. The molecule has 0 aliphatic heterocycles. The number of ether oxygens (including phenoxy) is 1. The van der Waals surface area contributed by atoms with E-state index in [1.807, 2.05) is 0 Å². The van der Waals surface area contributed by atoms with Crippen molar-refractivity contribution in [2.24, 2.45) is 0 Å². The number of hydrogen-bond donors (Lipinski definition) is 1. The van der Waals surface area contributed by atoms with E-state index in [0.29, 0.717) is 23.4 Å². The molecule has 9 nitrogen and oxygen atoms in total. The third-order valence-electron chi connectivity index (χ3n) is 4.17. The van der Waals surface area contributed by atoms with Gasteiger partial charge in [0.15, 0.2) is 0 Å². The summed E-state index contributed by atoms with van der Waals surface area (Å²) in [5, 5.41) is 13.7. The molecule has 1 amide bonds. The first-order valence-electron chi connectivity index (χ1n) is 8.88. The minimum atomic E-state index is -4.12. The lowest BCUT2D eigenvalue weighted by molar-refractivity contribution is -0.385. The lowest BCUT2D eigenvalue weighted by Gasteiger charge is -2.22. The Morgan fingerprint density at radius 1 is 1.24 bits per heavy atom. The first kappa shape index (κ1) is 22.3. The highest BCUT2D eigenvalue weighted by molar-refractivity contribution is 7.89. The molecule has 0 unspecified atom stereocenters. The van der Waals surface area contributed by atoms with Crippen molar-refractivity contribution in [2.45, 2.75) is 25.2 Å². The Labute approximate surface area is 169 Å². The fraction of sp³-hybridized carbons (Fsp3) is 0.316. The van der Waals surface area contributed by atoms with Crippen LogP contribution in [0.15, 0.2) is 47.4 Å². The molecular weight excluding hydrogens is 398 g/mol. The third-order valence-corrected chi connectivity index (χ3v) is 6.16. The highest BCUT2D eigenvalue weighted by Crippen LogP contribution is 2.26. The van der Waals surface area contributed by atoms with Gasteiger partial charge in [-0.25, -0.2) is 8.42 Å². The van der Waals surface area contributed by atoms with Crippen molar-refractivity contribution in [3.05, 3.63) is 58.1 Å². The fourth-order valence-electron chi connectivity index (χ4n) is 2.75. The van der Waals surface area contributed by atoms with Gasteiger partial charge in [0.05, 0.1) is 29.2 Å². The number of non-ortho nitro benzene ring substituents is 1. The number of nitro benzene ring substituents is 1. The molecule has 29 heavy (non-hydrogen) atoms. The molecule has 0 saturated carbocycles. The molecule has 1 N–H and O–H groups in total. The second-order valence-corrected chi connectivity index (χ2v) is 8.20. The Kier molecular flexibility index (Phi) is 7.29. The van der Waals surface area contributed by atoms with Crippen molar-refractivity contribution < 1.29 is 22.9 Å². The average molecular weight is 421 g/mol. The lowest BCUT2D eigenvalue weighted by atomic mass is 10.2. The van der Waals surface area contributed by atoms with E-state index in [1.54, 1.807) is 38.1 Å². The molecular formula is C19H23N3O6S. The van der Waals surface area contributed by atoms with Gasteiger partial charge in [-0.05, 0) is 31.0 Å². The SMILES string of the molecule is CCCN(CC(=O)Nc1ccccc1OC)S(=O)(=O)c1cc([N+](=O)[O-])ccc1C. The van der Waals surface area contributed by atoms with Gasteiger partial charge in [-0.1, -0.05) is 25.1 Å². The number of nitrogens with zero attached hydrogens (tertiary/aromatic N) is 2. The normalized spacial score (nSPS) is 11.3. The second kappa shape index (κ2) is 9.48. The number of carbonyl (C=O) groups excluding carboxylic acids is 1. The number of hydrogen-bond acceptors (Lipinski definition) is 6. The van der Waals surface area contributed by atoms with E-state index in [-0.39, 0.29) is 17.1 Å². The summed E-state index contributed by atoms with van der Waals surface area (Å²) in [6.45, 7) is 2.98. The second-order valence-electron chi connectivity index (χ2n) is 6.29. The van der Waals surface area contributed by atoms with Gasteiger partial charge in [-0.2, -0.15) is 4.31 Å². The number of amides is 1. The van der Waals surface area contributed by atoms with Gasteiger partial charge in [-0.15, -0.1) is 0 Å². The summed E-state index contributed by atoms with van der Waals surface area (Å²) in [6.07, 6.45) is 0.467. The number of nitrogens with one attached hydrogen (secondary N) is 1. The van der Waals surface area contributed by atoms with Gasteiger partial charge in [0.1, 0.15) is 5.75 Å². The quantitative estimate of drug-likeness (QED) is 0.491. The molecule has 0 aliphatic carbocycles. The Morgan fingerprint density at radius 2 is 1.93 bits per heavy atom. The molecule has 0 atom stereocenters. The van der Waals surface area contributed by atoms with Crippen LogP contribution in [0.4, 0.5) is 11.4 Å².